The van der Waals surface area contributed by atoms with E-state index in [-0.39, 0.29) is 11.7 Å². The molecule has 0 unspecified atom stereocenters. The number of aromatic amines is 1. The highest BCUT2D eigenvalue weighted by Gasteiger charge is 2.13. The van der Waals surface area contributed by atoms with Crippen molar-refractivity contribution in [3.63, 3.8) is 0 Å². The van der Waals surface area contributed by atoms with Gasteiger partial charge in [-0.25, -0.2) is 4.98 Å². The molecule has 1 aliphatic heterocycles. The monoisotopic (exact) mass is 269 g/mol. The molecule has 1 amide bonds. The molecule has 1 saturated heterocycles. The van der Waals surface area contributed by atoms with Crippen LogP contribution in [0.4, 0.5) is 0 Å². The summed E-state index contributed by atoms with van der Waals surface area (Å²) in [4.78, 5) is 18.2. The predicted octanol–water partition coefficient (Wildman–Crippen LogP) is 0.146. The van der Waals surface area contributed by atoms with Crippen LogP contribution in [0.5, 0.6) is 0 Å². The number of thioether (sulfide) groups is 1. The minimum absolute atomic E-state index is 0.197. The number of carbonyl (C=O) groups is 1. The molecule has 100 valence electrons. The van der Waals surface area contributed by atoms with Crippen molar-refractivity contribution in [3.8, 4) is 0 Å². The third kappa shape index (κ3) is 3.71. The Bertz CT molecular complexity index is 389. The first-order chi connectivity index (χ1) is 8.79. The van der Waals surface area contributed by atoms with Gasteiger partial charge in [-0.3, -0.25) is 14.8 Å². The Labute approximate surface area is 111 Å². The third-order valence-electron chi connectivity index (χ3n) is 2.89. The summed E-state index contributed by atoms with van der Waals surface area (Å²) < 4.78 is 0. The molecular weight excluding hydrogens is 250 g/mol. The quantitative estimate of drug-likeness (QED) is 0.796. The molecule has 0 bridgehead atoms. The fraction of sp³-hybridized carbons (Fsp3) is 0.727. The number of carbonyl (C=O) groups excluding carboxylic acids is 1. The van der Waals surface area contributed by atoms with Gasteiger partial charge in [0.15, 0.2) is 0 Å². The second-order valence-electron chi connectivity index (χ2n) is 4.17. The number of hydrogen-bond acceptors (Lipinski definition) is 5. The van der Waals surface area contributed by atoms with E-state index in [9.17, 15) is 4.79 Å². The second-order valence-corrected chi connectivity index (χ2v) is 5.39. The Morgan fingerprint density at radius 3 is 2.94 bits per heavy atom. The lowest BCUT2D eigenvalue weighted by molar-refractivity contribution is 0.0939. The first-order valence-corrected chi connectivity index (χ1v) is 7.44. The van der Waals surface area contributed by atoms with E-state index in [4.69, 9.17) is 0 Å². The van der Waals surface area contributed by atoms with Gasteiger partial charge in [-0.2, -0.15) is 11.8 Å². The zero-order chi connectivity index (χ0) is 12.8. The lowest BCUT2D eigenvalue weighted by Gasteiger charge is -2.25. The highest BCUT2D eigenvalue weighted by molar-refractivity contribution is 7.99. The molecule has 0 spiro atoms. The van der Waals surface area contributed by atoms with Gasteiger partial charge < -0.3 is 5.32 Å². The number of H-pyrrole nitrogens is 1. The molecule has 0 radical (unpaired) electrons. The Kier molecular flexibility index (Phi) is 5.00. The molecule has 7 heteroatoms. The van der Waals surface area contributed by atoms with Gasteiger partial charge in [-0.15, -0.1) is 5.10 Å². The van der Waals surface area contributed by atoms with Gasteiger partial charge in [0.25, 0.3) is 5.91 Å². The number of nitrogens with one attached hydrogen (secondary N) is 2. The zero-order valence-electron chi connectivity index (χ0n) is 10.6. The SMILES string of the molecule is CCc1nc(C(=O)NCCN2CCSCC2)n[nH]1. The third-order valence-corrected chi connectivity index (χ3v) is 3.83. The number of aryl methyl sites for hydroxylation is 1. The van der Waals surface area contributed by atoms with Crippen molar-refractivity contribution in [3.05, 3.63) is 11.6 Å². The van der Waals surface area contributed by atoms with Crippen LogP contribution in [0.3, 0.4) is 0 Å². The molecule has 0 saturated carbocycles. The molecule has 1 aromatic heterocycles. The van der Waals surface area contributed by atoms with Crippen LogP contribution in [0.25, 0.3) is 0 Å². The number of hydrogen-bond donors (Lipinski definition) is 2. The van der Waals surface area contributed by atoms with Crippen molar-refractivity contribution < 1.29 is 4.79 Å². The number of aromatic nitrogens is 3. The Morgan fingerprint density at radius 1 is 1.50 bits per heavy atom. The van der Waals surface area contributed by atoms with Crippen molar-refractivity contribution >= 4 is 17.7 Å². The molecular formula is C11H19N5OS. The molecule has 1 aromatic rings. The van der Waals surface area contributed by atoms with E-state index in [2.05, 4.69) is 25.4 Å². The van der Waals surface area contributed by atoms with Crippen LogP contribution in [0.15, 0.2) is 0 Å². The summed E-state index contributed by atoms with van der Waals surface area (Å²) in [6.45, 7) is 5.75. The molecule has 0 aromatic carbocycles. The minimum atomic E-state index is -0.197. The van der Waals surface area contributed by atoms with Crippen LogP contribution < -0.4 is 5.32 Å². The lowest BCUT2D eigenvalue weighted by Crippen LogP contribution is -2.39. The highest BCUT2D eigenvalue weighted by atomic mass is 32.2. The van der Waals surface area contributed by atoms with Gasteiger partial charge in [-0.1, -0.05) is 6.92 Å². The zero-order valence-corrected chi connectivity index (χ0v) is 11.4. The van der Waals surface area contributed by atoms with Gasteiger partial charge in [0.2, 0.25) is 5.82 Å². The smallest absolute Gasteiger partial charge is 0.291 e. The molecule has 6 nitrogen and oxygen atoms in total. The summed E-state index contributed by atoms with van der Waals surface area (Å²) in [6, 6.07) is 0. The normalized spacial score (nSPS) is 16.7. The first kappa shape index (κ1) is 13.4. The van der Waals surface area contributed by atoms with Gasteiger partial charge >= 0.3 is 0 Å². The fourth-order valence-electron chi connectivity index (χ4n) is 1.79. The van der Waals surface area contributed by atoms with E-state index in [0.29, 0.717) is 6.54 Å². The molecule has 0 atom stereocenters. The first-order valence-electron chi connectivity index (χ1n) is 6.29. The maximum atomic E-state index is 11.7. The summed E-state index contributed by atoms with van der Waals surface area (Å²) in [5, 5.41) is 9.48. The molecule has 1 fully saturated rings. The molecule has 0 aliphatic carbocycles. The van der Waals surface area contributed by atoms with E-state index in [1.165, 1.54) is 11.5 Å². The van der Waals surface area contributed by atoms with Gasteiger partial charge in [-0.05, 0) is 0 Å². The van der Waals surface area contributed by atoms with E-state index >= 15 is 0 Å². The van der Waals surface area contributed by atoms with Crippen LogP contribution in [-0.2, 0) is 6.42 Å². The summed E-state index contributed by atoms with van der Waals surface area (Å²) in [7, 11) is 0. The fourth-order valence-corrected chi connectivity index (χ4v) is 2.77. The summed E-state index contributed by atoms with van der Waals surface area (Å²) in [5.41, 5.74) is 0. The van der Waals surface area contributed by atoms with Crippen molar-refractivity contribution in [2.24, 2.45) is 0 Å². The maximum Gasteiger partial charge on any atom is 0.291 e. The Morgan fingerprint density at radius 2 is 2.28 bits per heavy atom. The van der Waals surface area contributed by atoms with Crippen LogP contribution in [-0.4, -0.2) is 63.7 Å². The van der Waals surface area contributed by atoms with E-state index in [0.717, 1.165) is 31.9 Å². The van der Waals surface area contributed by atoms with Crippen molar-refractivity contribution in [2.45, 2.75) is 13.3 Å². The number of amides is 1. The van der Waals surface area contributed by atoms with Gasteiger partial charge in [0.05, 0.1) is 0 Å². The van der Waals surface area contributed by atoms with E-state index < -0.39 is 0 Å². The minimum Gasteiger partial charge on any atom is -0.348 e. The molecule has 2 N–H and O–H groups in total. The van der Waals surface area contributed by atoms with Crippen LogP contribution in [0, 0.1) is 0 Å². The highest BCUT2D eigenvalue weighted by Crippen LogP contribution is 2.07. The van der Waals surface area contributed by atoms with Crippen LogP contribution >= 0.6 is 11.8 Å². The molecule has 18 heavy (non-hydrogen) atoms. The van der Waals surface area contributed by atoms with Gasteiger partial charge in [0.1, 0.15) is 5.82 Å². The Hall–Kier alpha value is -1.08. The van der Waals surface area contributed by atoms with Crippen molar-refractivity contribution in [1.29, 1.82) is 0 Å². The maximum absolute atomic E-state index is 11.7. The van der Waals surface area contributed by atoms with E-state index in [1.807, 2.05) is 18.7 Å². The largest absolute Gasteiger partial charge is 0.348 e. The summed E-state index contributed by atoms with van der Waals surface area (Å²) in [5.74, 6) is 3.16. The molecule has 2 heterocycles. The van der Waals surface area contributed by atoms with E-state index in [1.54, 1.807) is 0 Å². The topological polar surface area (TPSA) is 73.9 Å². The standard InChI is InChI=1S/C11H19N5OS/c1-2-9-13-10(15-14-9)11(17)12-3-4-16-5-7-18-8-6-16/h2-8H2,1H3,(H,12,17)(H,13,14,15). The summed E-state index contributed by atoms with van der Waals surface area (Å²) in [6.07, 6.45) is 0.756. The average molecular weight is 269 g/mol. The Balaban J connectivity index is 1.70. The van der Waals surface area contributed by atoms with Crippen LogP contribution in [0.1, 0.15) is 23.4 Å². The lowest BCUT2D eigenvalue weighted by atomic mass is 10.4. The number of nitrogens with zero attached hydrogens (tertiary/aromatic N) is 3. The van der Waals surface area contributed by atoms with Crippen molar-refractivity contribution in [1.82, 2.24) is 25.4 Å². The molecule has 2 rings (SSSR count). The number of rotatable bonds is 5. The molecule has 1 aliphatic rings. The predicted molar refractivity (Wildman–Crippen MR) is 71.9 cm³/mol. The summed E-state index contributed by atoms with van der Waals surface area (Å²) >= 11 is 1.99. The average Bonchev–Trinajstić information content (AvgIpc) is 2.89. The van der Waals surface area contributed by atoms with Crippen molar-refractivity contribution in [2.75, 3.05) is 37.7 Å². The second kappa shape index (κ2) is 6.75. The van der Waals surface area contributed by atoms with Gasteiger partial charge in [0, 0.05) is 44.1 Å². The van der Waals surface area contributed by atoms with Crippen LogP contribution in [0.2, 0.25) is 0 Å².